The van der Waals surface area contributed by atoms with Crippen LogP contribution in [0.2, 0.25) is 0 Å². The molecular formula is C24H28N2O5. The summed E-state index contributed by atoms with van der Waals surface area (Å²) in [4.78, 5) is 37.2. The van der Waals surface area contributed by atoms with Crippen molar-refractivity contribution >= 4 is 18.1 Å². The lowest BCUT2D eigenvalue weighted by Crippen LogP contribution is -2.28. The molecule has 0 aromatic heterocycles. The SMILES string of the molecule is COC(=O)C(CCCCNC(=O)Oc1ccc(C(C)(C)c2ccccc2)cc1)N=C=O. The minimum Gasteiger partial charge on any atom is -0.467 e. The van der Waals surface area contributed by atoms with Crippen LogP contribution < -0.4 is 10.1 Å². The van der Waals surface area contributed by atoms with E-state index in [1.54, 1.807) is 12.1 Å². The van der Waals surface area contributed by atoms with Crippen molar-refractivity contribution in [3.05, 3.63) is 65.7 Å². The normalized spacial score (nSPS) is 11.7. The topological polar surface area (TPSA) is 94.1 Å². The number of nitrogens with zero attached hydrogens (tertiary/aromatic N) is 1. The molecule has 2 aromatic rings. The number of rotatable bonds is 10. The van der Waals surface area contributed by atoms with Crippen LogP contribution in [-0.2, 0) is 19.7 Å². The Kier molecular flexibility index (Phi) is 8.97. The van der Waals surface area contributed by atoms with Crippen molar-refractivity contribution in [2.75, 3.05) is 13.7 Å². The molecule has 1 N–H and O–H groups in total. The van der Waals surface area contributed by atoms with Gasteiger partial charge in [-0.15, -0.1) is 0 Å². The molecule has 164 valence electrons. The lowest BCUT2D eigenvalue weighted by molar-refractivity contribution is -0.142. The van der Waals surface area contributed by atoms with E-state index in [0.717, 1.165) is 5.56 Å². The molecule has 0 aliphatic rings. The first-order valence-corrected chi connectivity index (χ1v) is 10.1. The molecule has 2 aromatic carbocycles. The summed E-state index contributed by atoms with van der Waals surface area (Å²) in [6.45, 7) is 4.67. The fourth-order valence-corrected chi connectivity index (χ4v) is 3.19. The maximum Gasteiger partial charge on any atom is 0.412 e. The molecule has 7 nitrogen and oxygen atoms in total. The highest BCUT2D eigenvalue weighted by Gasteiger charge is 2.22. The Morgan fingerprint density at radius 3 is 2.29 bits per heavy atom. The maximum atomic E-state index is 12.0. The van der Waals surface area contributed by atoms with E-state index >= 15 is 0 Å². The van der Waals surface area contributed by atoms with Crippen LogP contribution in [0.4, 0.5) is 4.79 Å². The van der Waals surface area contributed by atoms with Gasteiger partial charge in [-0.1, -0.05) is 56.3 Å². The third-order valence-corrected chi connectivity index (χ3v) is 5.14. The fraction of sp³-hybridized carbons (Fsp3) is 0.375. The Labute approximate surface area is 182 Å². The molecule has 0 spiro atoms. The van der Waals surface area contributed by atoms with E-state index in [0.29, 0.717) is 31.6 Å². The second kappa shape index (κ2) is 11.7. The van der Waals surface area contributed by atoms with Gasteiger partial charge in [0.25, 0.3) is 0 Å². The number of methoxy groups -OCH3 is 1. The van der Waals surface area contributed by atoms with Gasteiger partial charge in [0.05, 0.1) is 7.11 Å². The van der Waals surface area contributed by atoms with Gasteiger partial charge in [0.15, 0.2) is 6.04 Å². The molecular weight excluding hydrogens is 396 g/mol. The Hall–Kier alpha value is -3.44. The van der Waals surface area contributed by atoms with E-state index < -0.39 is 18.1 Å². The summed E-state index contributed by atoms with van der Waals surface area (Å²) in [7, 11) is 1.24. The predicted molar refractivity (Wildman–Crippen MR) is 117 cm³/mol. The van der Waals surface area contributed by atoms with Crippen molar-refractivity contribution in [3.8, 4) is 5.75 Å². The second-order valence-electron chi connectivity index (χ2n) is 7.59. The van der Waals surface area contributed by atoms with Crippen molar-refractivity contribution in [3.63, 3.8) is 0 Å². The van der Waals surface area contributed by atoms with Crippen LogP contribution in [0.3, 0.4) is 0 Å². The summed E-state index contributed by atoms with van der Waals surface area (Å²) in [5.41, 5.74) is 2.15. The number of hydrogen-bond acceptors (Lipinski definition) is 6. The van der Waals surface area contributed by atoms with E-state index in [1.807, 2.05) is 30.3 Å². The average Bonchev–Trinajstić information content (AvgIpc) is 2.78. The molecule has 0 aliphatic heterocycles. The van der Waals surface area contributed by atoms with E-state index in [2.05, 4.69) is 41.0 Å². The molecule has 1 atom stereocenters. The molecule has 0 aliphatic carbocycles. The van der Waals surface area contributed by atoms with Gasteiger partial charge in [-0.25, -0.2) is 14.4 Å². The largest absolute Gasteiger partial charge is 0.467 e. The van der Waals surface area contributed by atoms with Gasteiger partial charge >= 0.3 is 12.1 Å². The standard InChI is InChI=1S/C24H28N2O5/c1-24(2,18-9-5-4-6-10-18)19-12-14-20(15-13-19)31-23(29)25-16-8-7-11-21(26-17-27)22(28)30-3/h4-6,9-10,12-15,21H,7-8,11,16H2,1-3H3,(H,25,29). The zero-order chi connectivity index (χ0) is 22.7. The number of isocyanates is 1. The third kappa shape index (κ3) is 7.08. The van der Waals surface area contributed by atoms with Crippen molar-refractivity contribution in [1.82, 2.24) is 5.32 Å². The minimum atomic E-state index is -0.854. The van der Waals surface area contributed by atoms with Crippen molar-refractivity contribution in [2.45, 2.75) is 44.6 Å². The second-order valence-corrected chi connectivity index (χ2v) is 7.59. The van der Waals surface area contributed by atoms with E-state index in [9.17, 15) is 14.4 Å². The smallest absolute Gasteiger partial charge is 0.412 e. The van der Waals surface area contributed by atoms with Gasteiger partial charge in [0.2, 0.25) is 6.08 Å². The van der Waals surface area contributed by atoms with Gasteiger partial charge in [-0.2, -0.15) is 4.99 Å². The van der Waals surface area contributed by atoms with E-state index in [1.165, 1.54) is 18.8 Å². The van der Waals surface area contributed by atoms with Crippen LogP contribution in [0.5, 0.6) is 5.75 Å². The van der Waals surface area contributed by atoms with Crippen molar-refractivity contribution in [2.24, 2.45) is 4.99 Å². The van der Waals surface area contributed by atoms with Gasteiger partial charge in [0.1, 0.15) is 5.75 Å². The van der Waals surface area contributed by atoms with Gasteiger partial charge < -0.3 is 14.8 Å². The number of carbonyl (C=O) groups is 2. The summed E-state index contributed by atoms with van der Waals surface area (Å²) in [6, 6.07) is 16.8. The number of unbranched alkanes of at least 4 members (excludes halogenated alkanes) is 1. The number of esters is 1. The third-order valence-electron chi connectivity index (χ3n) is 5.14. The van der Waals surface area contributed by atoms with Crippen LogP contribution in [0.25, 0.3) is 0 Å². The van der Waals surface area contributed by atoms with Gasteiger partial charge in [0, 0.05) is 12.0 Å². The number of aliphatic imine (C=N–C) groups is 1. The highest BCUT2D eigenvalue weighted by Crippen LogP contribution is 2.32. The molecule has 2 rings (SSSR count). The first-order valence-electron chi connectivity index (χ1n) is 10.1. The van der Waals surface area contributed by atoms with Gasteiger partial charge in [-0.05, 0) is 42.5 Å². The minimum absolute atomic E-state index is 0.169. The van der Waals surface area contributed by atoms with Crippen LogP contribution >= 0.6 is 0 Å². The van der Waals surface area contributed by atoms with Crippen LogP contribution in [0.15, 0.2) is 59.6 Å². The number of carbonyl (C=O) groups excluding carboxylic acids is 3. The van der Waals surface area contributed by atoms with E-state index in [4.69, 9.17) is 4.74 Å². The molecule has 0 fully saturated rings. The molecule has 1 unspecified atom stereocenters. The van der Waals surface area contributed by atoms with E-state index in [-0.39, 0.29) is 5.41 Å². The quantitative estimate of drug-likeness (QED) is 0.268. The van der Waals surface area contributed by atoms with Crippen molar-refractivity contribution < 1.29 is 23.9 Å². The molecule has 0 radical (unpaired) electrons. The Morgan fingerprint density at radius 1 is 1.03 bits per heavy atom. The van der Waals surface area contributed by atoms with Crippen molar-refractivity contribution in [1.29, 1.82) is 0 Å². The highest BCUT2D eigenvalue weighted by molar-refractivity contribution is 5.76. The molecule has 0 saturated carbocycles. The number of amides is 1. The zero-order valence-corrected chi connectivity index (χ0v) is 18.1. The fourth-order valence-electron chi connectivity index (χ4n) is 3.19. The summed E-state index contributed by atoms with van der Waals surface area (Å²) in [6.07, 6.45) is 2.35. The Morgan fingerprint density at radius 2 is 1.68 bits per heavy atom. The van der Waals surface area contributed by atoms with Crippen LogP contribution in [0.1, 0.15) is 44.2 Å². The monoisotopic (exact) mass is 424 g/mol. The highest BCUT2D eigenvalue weighted by atomic mass is 16.6. The summed E-state index contributed by atoms with van der Waals surface area (Å²) in [5.74, 6) is -0.120. The zero-order valence-electron chi connectivity index (χ0n) is 18.1. The molecule has 0 saturated heterocycles. The molecule has 31 heavy (non-hydrogen) atoms. The maximum absolute atomic E-state index is 12.0. The molecule has 0 heterocycles. The lowest BCUT2D eigenvalue weighted by atomic mass is 9.78. The summed E-state index contributed by atoms with van der Waals surface area (Å²) < 4.78 is 9.90. The molecule has 7 heteroatoms. The molecule has 0 bridgehead atoms. The predicted octanol–water partition coefficient (Wildman–Crippen LogP) is 4.15. The first-order chi connectivity index (χ1) is 14.9. The number of ether oxygens (including phenoxy) is 2. The summed E-state index contributed by atoms with van der Waals surface area (Å²) >= 11 is 0. The number of benzene rings is 2. The Balaban J connectivity index is 1.79. The van der Waals surface area contributed by atoms with Crippen LogP contribution in [-0.4, -0.2) is 37.8 Å². The van der Waals surface area contributed by atoms with Crippen LogP contribution in [0, 0.1) is 0 Å². The number of hydrogen-bond donors (Lipinski definition) is 1. The summed E-state index contributed by atoms with van der Waals surface area (Å²) in [5, 5.41) is 2.67. The average molecular weight is 424 g/mol. The lowest BCUT2D eigenvalue weighted by Gasteiger charge is -2.26. The first kappa shape index (κ1) is 23.8. The number of nitrogens with one attached hydrogen (secondary N) is 1. The molecule has 1 amide bonds. The van der Waals surface area contributed by atoms with Gasteiger partial charge in [-0.3, -0.25) is 0 Å². The Bertz CT molecular complexity index is 903.